The van der Waals surface area contributed by atoms with E-state index in [1.54, 1.807) is 6.20 Å². The number of aromatic nitrogens is 5. The summed E-state index contributed by atoms with van der Waals surface area (Å²) in [6.07, 6.45) is 8.16. The first-order chi connectivity index (χ1) is 13.7. The summed E-state index contributed by atoms with van der Waals surface area (Å²) >= 11 is 0. The molecule has 1 fully saturated rings. The molecule has 1 saturated heterocycles. The Kier molecular flexibility index (Phi) is 5.66. The summed E-state index contributed by atoms with van der Waals surface area (Å²) in [6, 6.07) is 4.54. The number of unbranched alkanes of at least 4 members (excludes halogenated alkanes) is 1. The number of anilines is 1. The quantitative estimate of drug-likeness (QED) is 0.599. The first-order valence-corrected chi connectivity index (χ1v) is 10.0. The van der Waals surface area contributed by atoms with Crippen LogP contribution in [0.4, 0.5) is 5.82 Å². The molecule has 0 saturated carbocycles. The van der Waals surface area contributed by atoms with Crippen LogP contribution < -0.4 is 10.5 Å². The fourth-order valence-electron chi connectivity index (χ4n) is 3.51. The minimum atomic E-state index is 0.302. The van der Waals surface area contributed by atoms with E-state index in [-0.39, 0.29) is 0 Å². The van der Waals surface area contributed by atoms with E-state index in [0.717, 1.165) is 30.5 Å². The van der Waals surface area contributed by atoms with Crippen molar-refractivity contribution in [2.75, 3.05) is 25.4 Å². The molecule has 3 aromatic rings. The first-order valence-electron chi connectivity index (χ1n) is 10.0. The van der Waals surface area contributed by atoms with Crippen molar-refractivity contribution in [3.63, 3.8) is 0 Å². The van der Waals surface area contributed by atoms with Crippen LogP contribution in [0.15, 0.2) is 24.5 Å². The Balaban J connectivity index is 1.54. The molecule has 28 heavy (non-hydrogen) atoms. The van der Waals surface area contributed by atoms with Crippen LogP contribution in [-0.2, 0) is 13.1 Å². The van der Waals surface area contributed by atoms with E-state index >= 15 is 0 Å². The first kappa shape index (κ1) is 18.6. The third kappa shape index (κ3) is 4.22. The SMILES string of the molecule is CCCCOc1nc(N)c2cnn(Cc3cc(CN4CCCC4)ccn3)c2n1. The second-order valence-electron chi connectivity index (χ2n) is 7.27. The molecule has 0 spiro atoms. The van der Waals surface area contributed by atoms with Crippen LogP contribution in [-0.4, -0.2) is 49.3 Å². The van der Waals surface area contributed by atoms with Crippen LogP contribution in [0.2, 0.25) is 0 Å². The van der Waals surface area contributed by atoms with Crippen molar-refractivity contribution >= 4 is 16.9 Å². The Labute approximate surface area is 164 Å². The average Bonchev–Trinajstić information content (AvgIpc) is 3.33. The molecule has 8 heteroatoms. The van der Waals surface area contributed by atoms with Crippen molar-refractivity contribution < 1.29 is 4.74 Å². The van der Waals surface area contributed by atoms with Gasteiger partial charge in [0.25, 0.3) is 0 Å². The summed E-state index contributed by atoms with van der Waals surface area (Å²) in [4.78, 5) is 15.8. The maximum Gasteiger partial charge on any atom is 0.320 e. The lowest BCUT2D eigenvalue weighted by molar-refractivity contribution is 0.286. The molecule has 0 radical (unpaired) electrons. The highest BCUT2D eigenvalue weighted by Gasteiger charge is 2.14. The standard InChI is InChI=1S/C20H27N7O/c1-2-3-10-28-20-24-18(21)17-12-23-27(19(17)25-20)14-16-11-15(6-7-22-16)13-26-8-4-5-9-26/h6-7,11-12H,2-5,8-10,13-14H2,1H3,(H2,21,24,25). The maximum atomic E-state index is 6.08. The molecule has 0 aliphatic carbocycles. The van der Waals surface area contributed by atoms with E-state index in [1.807, 2.05) is 10.9 Å². The van der Waals surface area contributed by atoms with Gasteiger partial charge in [-0.05, 0) is 50.0 Å². The molecule has 2 N–H and O–H groups in total. The zero-order valence-corrected chi connectivity index (χ0v) is 16.3. The van der Waals surface area contributed by atoms with Gasteiger partial charge in [0, 0.05) is 12.7 Å². The van der Waals surface area contributed by atoms with Crippen LogP contribution in [0, 0.1) is 0 Å². The largest absolute Gasteiger partial charge is 0.463 e. The number of hydrogen-bond acceptors (Lipinski definition) is 7. The normalized spacial score (nSPS) is 14.8. The number of fused-ring (bicyclic) bond motifs is 1. The highest BCUT2D eigenvalue weighted by molar-refractivity contribution is 5.85. The minimum Gasteiger partial charge on any atom is -0.463 e. The molecule has 4 heterocycles. The van der Waals surface area contributed by atoms with Gasteiger partial charge >= 0.3 is 6.01 Å². The zero-order chi connectivity index (χ0) is 19.3. The van der Waals surface area contributed by atoms with Crippen molar-refractivity contribution in [3.05, 3.63) is 35.8 Å². The smallest absolute Gasteiger partial charge is 0.320 e. The van der Waals surface area contributed by atoms with E-state index in [2.05, 4.69) is 44.0 Å². The lowest BCUT2D eigenvalue weighted by Gasteiger charge is -2.15. The van der Waals surface area contributed by atoms with Gasteiger partial charge in [0.05, 0.1) is 30.4 Å². The number of rotatable bonds is 8. The van der Waals surface area contributed by atoms with Crippen LogP contribution >= 0.6 is 0 Å². The van der Waals surface area contributed by atoms with E-state index in [9.17, 15) is 0 Å². The second kappa shape index (κ2) is 8.52. The number of ether oxygens (including phenoxy) is 1. The Bertz CT molecular complexity index is 933. The van der Waals surface area contributed by atoms with Gasteiger partial charge in [-0.2, -0.15) is 15.1 Å². The Hall–Kier alpha value is -2.74. The molecule has 0 atom stereocenters. The number of nitrogen functional groups attached to an aromatic ring is 1. The van der Waals surface area contributed by atoms with Crippen LogP contribution in [0.25, 0.3) is 11.0 Å². The van der Waals surface area contributed by atoms with Gasteiger partial charge in [0.1, 0.15) is 5.82 Å². The number of likely N-dealkylation sites (tertiary alicyclic amines) is 1. The fourth-order valence-corrected chi connectivity index (χ4v) is 3.51. The number of hydrogen-bond donors (Lipinski definition) is 1. The fraction of sp³-hybridized carbons (Fsp3) is 0.500. The van der Waals surface area contributed by atoms with Gasteiger partial charge in [-0.25, -0.2) is 4.68 Å². The molecule has 148 valence electrons. The average molecular weight is 381 g/mol. The van der Waals surface area contributed by atoms with E-state index in [0.29, 0.717) is 30.6 Å². The van der Waals surface area contributed by atoms with Crippen molar-refractivity contribution in [2.24, 2.45) is 0 Å². The summed E-state index contributed by atoms with van der Waals surface area (Å²) in [5, 5.41) is 5.18. The minimum absolute atomic E-state index is 0.302. The molecule has 0 amide bonds. The summed E-state index contributed by atoms with van der Waals surface area (Å²) in [5.41, 5.74) is 8.98. The van der Waals surface area contributed by atoms with E-state index in [1.165, 1.54) is 31.5 Å². The third-order valence-corrected chi connectivity index (χ3v) is 5.03. The summed E-state index contributed by atoms with van der Waals surface area (Å²) in [5.74, 6) is 0.387. The molecule has 3 aromatic heterocycles. The Morgan fingerprint density at radius 3 is 2.86 bits per heavy atom. The van der Waals surface area contributed by atoms with Crippen LogP contribution in [0.5, 0.6) is 6.01 Å². The zero-order valence-electron chi connectivity index (χ0n) is 16.3. The Morgan fingerprint density at radius 1 is 1.18 bits per heavy atom. The van der Waals surface area contributed by atoms with Crippen molar-refractivity contribution in [2.45, 2.75) is 45.7 Å². The molecule has 0 unspecified atom stereocenters. The van der Waals surface area contributed by atoms with Gasteiger partial charge in [0.2, 0.25) is 0 Å². The third-order valence-electron chi connectivity index (χ3n) is 5.03. The van der Waals surface area contributed by atoms with Gasteiger partial charge in [-0.3, -0.25) is 9.88 Å². The topological polar surface area (TPSA) is 95.0 Å². The second-order valence-corrected chi connectivity index (χ2v) is 7.27. The maximum absolute atomic E-state index is 6.08. The van der Waals surface area contributed by atoms with Crippen LogP contribution in [0.1, 0.15) is 43.9 Å². The molecular formula is C20H27N7O. The highest BCUT2D eigenvalue weighted by atomic mass is 16.5. The lowest BCUT2D eigenvalue weighted by Crippen LogP contribution is -2.18. The molecule has 0 aromatic carbocycles. The number of pyridine rings is 1. The molecule has 1 aliphatic heterocycles. The molecular weight excluding hydrogens is 354 g/mol. The summed E-state index contributed by atoms with van der Waals surface area (Å²) < 4.78 is 7.45. The highest BCUT2D eigenvalue weighted by Crippen LogP contribution is 2.21. The van der Waals surface area contributed by atoms with Crippen molar-refractivity contribution in [1.82, 2.24) is 29.6 Å². The van der Waals surface area contributed by atoms with Crippen molar-refractivity contribution in [1.29, 1.82) is 0 Å². The Morgan fingerprint density at radius 2 is 2.04 bits per heavy atom. The molecule has 1 aliphatic rings. The van der Waals surface area contributed by atoms with Gasteiger partial charge in [-0.15, -0.1) is 0 Å². The predicted octanol–water partition coefficient (Wildman–Crippen LogP) is 2.63. The number of nitrogens with zero attached hydrogens (tertiary/aromatic N) is 6. The van der Waals surface area contributed by atoms with Crippen molar-refractivity contribution in [3.8, 4) is 6.01 Å². The molecule has 8 nitrogen and oxygen atoms in total. The predicted molar refractivity (Wildman–Crippen MR) is 108 cm³/mol. The van der Waals surface area contributed by atoms with Gasteiger partial charge in [0.15, 0.2) is 5.65 Å². The van der Waals surface area contributed by atoms with Gasteiger partial charge in [-0.1, -0.05) is 13.3 Å². The van der Waals surface area contributed by atoms with Crippen LogP contribution in [0.3, 0.4) is 0 Å². The van der Waals surface area contributed by atoms with E-state index < -0.39 is 0 Å². The van der Waals surface area contributed by atoms with E-state index in [4.69, 9.17) is 10.5 Å². The summed E-state index contributed by atoms with van der Waals surface area (Å²) in [6.45, 7) is 6.55. The lowest BCUT2D eigenvalue weighted by atomic mass is 10.2. The molecule has 4 rings (SSSR count). The molecule has 0 bridgehead atoms. The number of nitrogens with two attached hydrogens (primary N) is 1. The van der Waals surface area contributed by atoms with Gasteiger partial charge < -0.3 is 10.5 Å². The monoisotopic (exact) mass is 381 g/mol. The summed E-state index contributed by atoms with van der Waals surface area (Å²) in [7, 11) is 0.